The van der Waals surface area contributed by atoms with Crippen molar-refractivity contribution in [2.24, 2.45) is 0 Å². The maximum Gasteiger partial charge on any atom is 0.416 e. The fourth-order valence-electron chi connectivity index (χ4n) is 1.96. The monoisotopic (exact) mass is 234 g/mol. The van der Waals surface area contributed by atoms with Crippen LogP contribution in [0.5, 0.6) is 5.75 Å². The van der Waals surface area contributed by atoms with Gasteiger partial charge in [0.2, 0.25) is 0 Å². The van der Waals surface area contributed by atoms with Gasteiger partial charge in [0.1, 0.15) is 11.9 Å². The molecule has 5 heteroatoms. The number of halogens is 4. The topological polar surface area (TPSA) is 9.23 Å². The third-order valence-corrected chi connectivity index (χ3v) is 3.08. The van der Waals surface area contributed by atoms with Gasteiger partial charge in [0, 0.05) is 11.5 Å². The Kier molecular flexibility index (Phi) is 1.63. The third kappa shape index (κ3) is 1.31. The van der Waals surface area contributed by atoms with Crippen LogP contribution in [0.15, 0.2) is 12.1 Å². The van der Waals surface area contributed by atoms with Gasteiger partial charge in [-0.05, 0) is 18.6 Å². The van der Waals surface area contributed by atoms with Crippen LogP contribution in [0.3, 0.4) is 0 Å². The molecule has 2 unspecified atom stereocenters. The van der Waals surface area contributed by atoms with E-state index >= 15 is 0 Å². The van der Waals surface area contributed by atoms with E-state index in [0.29, 0.717) is 11.3 Å². The van der Waals surface area contributed by atoms with Crippen molar-refractivity contribution in [1.29, 1.82) is 0 Å². The molecule has 1 aromatic carbocycles. The van der Waals surface area contributed by atoms with Crippen LogP contribution >= 0.6 is 11.6 Å². The fraction of sp³-hybridized carbons (Fsp3) is 0.400. The zero-order valence-electron chi connectivity index (χ0n) is 7.44. The van der Waals surface area contributed by atoms with Crippen molar-refractivity contribution >= 4 is 11.6 Å². The summed E-state index contributed by atoms with van der Waals surface area (Å²) in [5.41, 5.74) is -0.0813. The van der Waals surface area contributed by atoms with Crippen molar-refractivity contribution in [1.82, 2.24) is 0 Å². The summed E-state index contributed by atoms with van der Waals surface area (Å²) in [6.07, 6.45) is -3.47. The maximum absolute atomic E-state index is 12.5. The lowest BCUT2D eigenvalue weighted by Gasteiger charge is -2.11. The van der Waals surface area contributed by atoms with Gasteiger partial charge in [-0.25, -0.2) is 0 Å². The molecular weight excluding hydrogens is 229 g/mol. The van der Waals surface area contributed by atoms with E-state index < -0.39 is 11.7 Å². The third-order valence-electron chi connectivity index (χ3n) is 2.80. The average molecular weight is 235 g/mol. The Morgan fingerprint density at radius 1 is 1.33 bits per heavy atom. The molecule has 2 atom stereocenters. The molecule has 1 saturated carbocycles. The standard InChI is InChI=1S/C10H6ClF3O/c11-7-2-4(10(12,13)14)1-6-5-3-8(5)15-9(6)7/h1-2,5,8H,3H2. The molecule has 0 bridgehead atoms. The summed E-state index contributed by atoms with van der Waals surface area (Å²) in [7, 11) is 0. The highest BCUT2D eigenvalue weighted by Crippen LogP contribution is 2.56. The number of ether oxygens (including phenoxy) is 1. The number of benzene rings is 1. The zero-order valence-corrected chi connectivity index (χ0v) is 8.19. The molecule has 0 spiro atoms. The van der Waals surface area contributed by atoms with Crippen LogP contribution in [0.25, 0.3) is 0 Å². The number of hydrogen-bond acceptors (Lipinski definition) is 1. The summed E-state index contributed by atoms with van der Waals surface area (Å²) in [5, 5.41) is 0.0621. The Morgan fingerprint density at radius 3 is 2.73 bits per heavy atom. The van der Waals surface area contributed by atoms with Gasteiger partial charge in [0.15, 0.2) is 0 Å². The molecule has 80 valence electrons. The smallest absolute Gasteiger partial charge is 0.416 e. The molecule has 1 nitrogen and oxygen atoms in total. The average Bonchev–Trinajstić information content (AvgIpc) is 2.79. The largest absolute Gasteiger partial charge is 0.488 e. The van der Waals surface area contributed by atoms with Crippen molar-refractivity contribution in [2.75, 3.05) is 0 Å². The van der Waals surface area contributed by atoms with Crippen LogP contribution in [-0.2, 0) is 6.18 Å². The molecule has 3 rings (SSSR count). The van der Waals surface area contributed by atoms with E-state index in [-0.39, 0.29) is 17.0 Å². The Morgan fingerprint density at radius 2 is 2.07 bits per heavy atom. The molecular formula is C10H6ClF3O. The Labute approximate surface area is 88.8 Å². The van der Waals surface area contributed by atoms with Crippen LogP contribution < -0.4 is 4.74 Å². The van der Waals surface area contributed by atoms with Crippen molar-refractivity contribution in [2.45, 2.75) is 24.6 Å². The first-order valence-corrected chi connectivity index (χ1v) is 4.92. The van der Waals surface area contributed by atoms with Gasteiger partial charge in [-0.1, -0.05) is 11.6 Å². The fourth-order valence-corrected chi connectivity index (χ4v) is 2.23. The van der Waals surface area contributed by atoms with Gasteiger partial charge >= 0.3 is 6.18 Å². The molecule has 0 N–H and O–H groups in total. The number of alkyl halides is 3. The molecule has 0 radical (unpaired) electrons. The molecule has 15 heavy (non-hydrogen) atoms. The summed E-state index contributed by atoms with van der Waals surface area (Å²) in [5.74, 6) is 0.561. The summed E-state index contributed by atoms with van der Waals surface area (Å²) >= 11 is 5.74. The highest BCUT2D eigenvalue weighted by Gasteiger charge is 2.49. The summed E-state index contributed by atoms with van der Waals surface area (Å²) in [6.45, 7) is 0. The van der Waals surface area contributed by atoms with Crippen LogP contribution in [0.2, 0.25) is 5.02 Å². The van der Waals surface area contributed by atoms with E-state index in [1.54, 1.807) is 0 Å². The first-order chi connectivity index (χ1) is 6.97. The van der Waals surface area contributed by atoms with Crippen molar-refractivity contribution in [3.05, 3.63) is 28.3 Å². The SMILES string of the molecule is FC(F)(F)c1cc(Cl)c2c(c1)C1CC1O2. The molecule has 2 aliphatic rings. The van der Waals surface area contributed by atoms with Crippen molar-refractivity contribution in [3.8, 4) is 5.75 Å². The van der Waals surface area contributed by atoms with E-state index in [0.717, 1.165) is 18.6 Å². The predicted octanol–water partition coefficient (Wildman–Crippen LogP) is 3.61. The molecule has 1 heterocycles. The lowest BCUT2D eigenvalue weighted by Crippen LogP contribution is -2.05. The second-order valence-corrected chi connectivity index (χ2v) is 4.28. The Balaban J connectivity index is 2.14. The minimum absolute atomic E-state index is 0.0565. The second-order valence-electron chi connectivity index (χ2n) is 3.87. The first kappa shape index (κ1) is 9.33. The van der Waals surface area contributed by atoms with Crippen molar-refractivity contribution < 1.29 is 17.9 Å². The van der Waals surface area contributed by atoms with Crippen LogP contribution in [0, 0.1) is 0 Å². The minimum atomic E-state index is -4.34. The molecule has 1 fully saturated rings. The molecule has 0 amide bonds. The molecule has 1 aliphatic heterocycles. The lowest BCUT2D eigenvalue weighted by atomic mass is 10.1. The highest BCUT2D eigenvalue weighted by atomic mass is 35.5. The minimum Gasteiger partial charge on any atom is -0.488 e. The van der Waals surface area contributed by atoms with Gasteiger partial charge in [0.05, 0.1) is 10.6 Å². The number of hydrogen-bond donors (Lipinski definition) is 0. The van der Waals surface area contributed by atoms with E-state index in [1.807, 2.05) is 0 Å². The molecule has 0 saturated heterocycles. The van der Waals surface area contributed by atoms with E-state index in [2.05, 4.69) is 0 Å². The molecule has 1 aliphatic carbocycles. The summed E-state index contributed by atoms with van der Waals surface area (Å²) in [4.78, 5) is 0. The van der Waals surface area contributed by atoms with Crippen LogP contribution in [0.4, 0.5) is 13.2 Å². The maximum atomic E-state index is 12.5. The number of fused-ring (bicyclic) bond motifs is 3. The van der Waals surface area contributed by atoms with Gasteiger partial charge in [0.25, 0.3) is 0 Å². The lowest BCUT2D eigenvalue weighted by molar-refractivity contribution is -0.137. The highest BCUT2D eigenvalue weighted by molar-refractivity contribution is 6.32. The second kappa shape index (κ2) is 2.61. The van der Waals surface area contributed by atoms with Gasteiger partial charge in [-0.3, -0.25) is 0 Å². The Bertz CT molecular complexity index is 441. The summed E-state index contributed by atoms with van der Waals surface area (Å²) in [6, 6.07) is 2.07. The predicted molar refractivity (Wildman–Crippen MR) is 48.2 cm³/mol. The van der Waals surface area contributed by atoms with Gasteiger partial charge in [-0.15, -0.1) is 0 Å². The van der Waals surface area contributed by atoms with Crippen LogP contribution in [-0.4, -0.2) is 6.10 Å². The van der Waals surface area contributed by atoms with E-state index in [4.69, 9.17) is 16.3 Å². The van der Waals surface area contributed by atoms with Gasteiger partial charge < -0.3 is 4.74 Å². The summed E-state index contributed by atoms with van der Waals surface area (Å²) < 4.78 is 42.8. The molecule has 0 aromatic heterocycles. The van der Waals surface area contributed by atoms with E-state index in [1.165, 1.54) is 0 Å². The van der Waals surface area contributed by atoms with Gasteiger partial charge in [-0.2, -0.15) is 13.2 Å². The Hall–Kier alpha value is -0.900. The zero-order chi connectivity index (χ0) is 10.8. The van der Waals surface area contributed by atoms with E-state index in [9.17, 15) is 13.2 Å². The van der Waals surface area contributed by atoms with Crippen LogP contribution in [0.1, 0.15) is 23.5 Å². The number of rotatable bonds is 0. The van der Waals surface area contributed by atoms with Crippen molar-refractivity contribution in [3.63, 3.8) is 0 Å². The first-order valence-electron chi connectivity index (χ1n) is 4.54. The normalized spacial score (nSPS) is 26.9. The molecule has 1 aromatic rings. The quantitative estimate of drug-likeness (QED) is 0.666.